The maximum absolute atomic E-state index is 12.1. The Morgan fingerprint density at radius 2 is 1.74 bits per heavy atom. The minimum atomic E-state index is -3.83. The quantitative estimate of drug-likeness (QED) is 0.827. The van der Waals surface area contributed by atoms with Crippen molar-refractivity contribution in [1.82, 2.24) is 10.2 Å². The molecular weight excluding hydrogens is 290 g/mol. The van der Waals surface area contributed by atoms with Crippen LogP contribution in [0.3, 0.4) is 0 Å². The summed E-state index contributed by atoms with van der Waals surface area (Å²) in [5.41, 5.74) is 0.430. The lowest BCUT2D eigenvalue weighted by molar-refractivity contribution is 0.588. The highest BCUT2D eigenvalue weighted by molar-refractivity contribution is 7.94. The Balaban J connectivity index is 2.49. The summed E-state index contributed by atoms with van der Waals surface area (Å²) in [5.74, 6) is -1.21. The van der Waals surface area contributed by atoms with Gasteiger partial charge in [-0.25, -0.2) is 22.0 Å². The van der Waals surface area contributed by atoms with E-state index in [1.807, 2.05) is 0 Å². The lowest BCUT2D eigenvalue weighted by atomic mass is 10.2. The van der Waals surface area contributed by atoms with E-state index in [1.54, 1.807) is 24.3 Å². The third kappa shape index (κ3) is 3.25. The monoisotopic (exact) mass is 301 g/mol. The Morgan fingerprint density at radius 3 is 2.42 bits per heavy atom. The third-order valence-electron chi connectivity index (χ3n) is 2.48. The van der Waals surface area contributed by atoms with Crippen LogP contribution in [0, 0.1) is 0 Å². The molecule has 0 amide bonds. The van der Waals surface area contributed by atoms with Gasteiger partial charge in [0.25, 0.3) is 0 Å². The molecule has 0 saturated carbocycles. The lowest BCUT2D eigenvalue weighted by Gasteiger charge is -2.06. The van der Waals surface area contributed by atoms with Gasteiger partial charge >= 0.3 is 0 Å². The van der Waals surface area contributed by atoms with Gasteiger partial charge in [0.15, 0.2) is 9.84 Å². The summed E-state index contributed by atoms with van der Waals surface area (Å²) in [6, 6.07) is 6.59. The van der Waals surface area contributed by atoms with Crippen LogP contribution in [0.5, 0.6) is 0 Å². The van der Waals surface area contributed by atoms with Gasteiger partial charge < -0.3 is 0 Å². The Kier molecular flexibility index (Phi) is 3.52. The van der Waals surface area contributed by atoms with Crippen molar-refractivity contribution >= 4 is 30.8 Å². The van der Waals surface area contributed by atoms with E-state index < -0.39 is 31.4 Å². The second kappa shape index (κ2) is 4.83. The van der Waals surface area contributed by atoms with Gasteiger partial charge in [0.05, 0.1) is 28.1 Å². The maximum atomic E-state index is 12.1. The molecule has 0 atom stereocenters. The highest BCUT2D eigenvalue weighted by atomic mass is 32.2. The smallest absolute Gasteiger partial charge is 0.210 e. The van der Waals surface area contributed by atoms with Gasteiger partial charge in [-0.1, -0.05) is 18.2 Å². The normalized spacial score (nSPS) is 12.7. The summed E-state index contributed by atoms with van der Waals surface area (Å²) < 4.78 is 45.9. The topological polar surface area (TPSA) is 120 Å². The summed E-state index contributed by atoms with van der Waals surface area (Å²) in [6.45, 7) is 0. The number of hydrogen-bond donors (Lipinski definition) is 1. The zero-order valence-corrected chi connectivity index (χ0v) is 11.4. The molecule has 0 bridgehead atoms. The summed E-state index contributed by atoms with van der Waals surface area (Å²) in [6.07, 6.45) is 1.11. The van der Waals surface area contributed by atoms with Crippen LogP contribution in [0.15, 0.2) is 35.4 Å². The number of primary sulfonamides is 1. The fraction of sp³-hybridized carbons (Fsp3) is 0.200. The van der Waals surface area contributed by atoms with Gasteiger partial charge in [-0.3, -0.25) is 0 Å². The molecule has 7 nitrogen and oxygen atoms in total. The first-order chi connectivity index (χ1) is 8.80. The van der Waals surface area contributed by atoms with Crippen LogP contribution in [-0.4, -0.2) is 38.5 Å². The van der Waals surface area contributed by atoms with Crippen molar-refractivity contribution in [1.29, 1.82) is 0 Å². The average molecular weight is 301 g/mol. The molecule has 0 aliphatic carbocycles. The Bertz CT molecular complexity index is 810. The van der Waals surface area contributed by atoms with E-state index in [0.29, 0.717) is 10.9 Å². The van der Waals surface area contributed by atoms with Gasteiger partial charge in [0.2, 0.25) is 10.0 Å². The number of nitrogens with two attached hydrogens (primary N) is 1. The van der Waals surface area contributed by atoms with E-state index in [1.165, 1.54) is 0 Å². The summed E-state index contributed by atoms with van der Waals surface area (Å²) in [7, 11) is -7.62. The van der Waals surface area contributed by atoms with Gasteiger partial charge in [-0.15, -0.1) is 0 Å². The fourth-order valence-electron chi connectivity index (χ4n) is 1.57. The van der Waals surface area contributed by atoms with Crippen molar-refractivity contribution in [3.63, 3.8) is 0 Å². The van der Waals surface area contributed by atoms with E-state index in [-0.39, 0.29) is 4.90 Å². The molecule has 0 unspecified atom stereocenters. The second-order valence-corrected chi connectivity index (χ2v) is 7.72. The highest BCUT2D eigenvalue weighted by Crippen LogP contribution is 2.20. The van der Waals surface area contributed by atoms with Gasteiger partial charge in [-0.05, 0) is 6.07 Å². The van der Waals surface area contributed by atoms with Gasteiger partial charge in [0, 0.05) is 5.39 Å². The number of sulfonamides is 1. The van der Waals surface area contributed by atoms with Gasteiger partial charge in [0.1, 0.15) is 0 Å². The number of aromatic nitrogens is 2. The lowest BCUT2D eigenvalue weighted by Crippen LogP contribution is -2.23. The molecule has 2 N–H and O–H groups in total. The number of rotatable bonds is 4. The molecule has 1 aromatic heterocycles. The largest absolute Gasteiger partial charge is 0.229 e. The van der Waals surface area contributed by atoms with Crippen LogP contribution in [0.1, 0.15) is 0 Å². The Morgan fingerprint density at radius 1 is 1.05 bits per heavy atom. The predicted octanol–water partition coefficient (Wildman–Crippen LogP) is -0.308. The number of sulfone groups is 1. The van der Waals surface area contributed by atoms with Crippen molar-refractivity contribution in [3.05, 3.63) is 30.5 Å². The van der Waals surface area contributed by atoms with E-state index in [0.717, 1.165) is 6.20 Å². The summed E-state index contributed by atoms with van der Waals surface area (Å²) in [4.78, 5) is -0.0400. The van der Waals surface area contributed by atoms with Crippen LogP contribution in [0.25, 0.3) is 10.9 Å². The Hall–Kier alpha value is -1.58. The summed E-state index contributed by atoms with van der Waals surface area (Å²) in [5, 5.41) is 12.6. The van der Waals surface area contributed by atoms with Crippen molar-refractivity contribution in [2.75, 3.05) is 11.5 Å². The van der Waals surface area contributed by atoms with Crippen LogP contribution in [0.2, 0.25) is 0 Å². The zero-order chi connectivity index (χ0) is 14.1. The van der Waals surface area contributed by atoms with Crippen molar-refractivity contribution < 1.29 is 16.8 Å². The maximum Gasteiger partial charge on any atom is 0.210 e. The molecule has 1 heterocycles. The number of benzene rings is 1. The first kappa shape index (κ1) is 13.8. The van der Waals surface area contributed by atoms with E-state index in [4.69, 9.17) is 5.14 Å². The van der Waals surface area contributed by atoms with Crippen LogP contribution in [0.4, 0.5) is 0 Å². The number of hydrogen-bond acceptors (Lipinski definition) is 6. The molecule has 2 aromatic rings. The van der Waals surface area contributed by atoms with Crippen LogP contribution >= 0.6 is 0 Å². The van der Waals surface area contributed by atoms with E-state index in [9.17, 15) is 16.8 Å². The molecule has 9 heteroatoms. The van der Waals surface area contributed by atoms with E-state index in [2.05, 4.69) is 10.2 Å². The van der Waals surface area contributed by atoms with Crippen LogP contribution < -0.4 is 5.14 Å². The van der Waals surface area contributed by atoms with Crippen LogP contribution in [-0.2, 0) is 19.9 Å². The second-order valence-electron chi connectivity index (χ2n) is 3.91. The molecule has 0 fully saturated rings. The molecule has 19 heavy (non-hydrogen) atoms. The SMILES string of the molecule is NS(=O)(=O)CCS(=O)(=O)c1cnnc2ccccc12. The minimum Gasteiger partial charge on any atom is -0.229 e. The number of fused-ring (bicyclic) bond motifs is 1. The molecule has 0 saturated heterocycles. The molecule has 1 aromatic carbocycles. The molecular formula is C10H11N3O4S2. The van der Waals surface area contributed by atoms with Crippen molar-refractivity contribution in [2.45, 2.75) is 4.90 Å². The average Bonchev–Trinajstić information content (AvgIpc) is 2.35. The third-order valence-corrected chi connectivity index (χ3v) is 5.25. The fourth-order valence-corrected chi connectivity index (χ4v) is 4.31. The first-order valence-electron chi connectivity index (χ1n) is 5.23. The zero-order valence-electron chi connectivity index (χ0n) is 9.72. The van der Waals surface area contributed by atoms with Crippen molar-refractivity contribution in [3.8, 4) is 0 Å². The highest BCUT2D eigenvalue weighted by Gasteiger charge is 2.20. The van der Waals surface area contributed by atoms with Gasteiger partial charge in [-0.2, -0.15) is 10.2 Å². The molecule has 2 rings (SSSR count). The Labute approximate surface area is 110 Å². The molecule has 0 spiro atoms. The minimum absolute atomic E-state index is 0.0400. The molecule has 0 aliphatic heterocycles. The number of nitrogens with zero attached hydrogens (tertiary/aromatic N) is 2. The summed E-state index contributed by atoms with van der Waals surface area (Å²) >= 11 is 0. The standard InChI is InChI=1S/C10H11N3O4S2/c11-19(16,17)6-5-18(14,15)10-7-12-13-9-4-2-1-3-8(9)10/h1-4,7H,5-6H2,(H2,11,16,17). The molecule has 102 valence electrons. The van der Waals surface area contributed by atoms with Crippen molar-refractivity contribution in [2.24, 2.45) is 5.14 Å². The predicted molar refractivity (Wildman–Crippen MR) is 69.6 cm³/mol. The van der Waals surface area contributed by atoms with E-state index >= 15 is 0 Å². The molecule has 0 radical (unpaired) electrons. The first-order valence-corrected chi connectivity index (χ1v) is 8.60. The molecule has 0 aliphatic rings.